The van der Waals surface area contributed by atoms with E-state index in [9.17, 15) is 0 Å². The third-order valence-electron chi connectivity index (χ3n) is 3.36. The van der Waals surface area contributed by atoms with Crippen LogP contribution in [0.25, 0.3) is 0 Å². The Morgan fingerprint density at radius 3 is 3.17 bits per heavy atom. The van der Waals surface area contributed by atoms with Crippen molar-refractivity contribution in [3.8, 4) is 5.75 Å². The Bertz CT molecular complexity index is 562. The fourth-order valence-electron chi connectivity index (χ4n) is 2.44. The fraction of sp³-hybridized carbons (Fsp3) is 0.357. The van der Waals surface area contributed by atoms with Crippen molar-refractivity contribution in [1.29, 1.82) is 0 Å². The molecule has 3 rings (SSSR count). The molecule has 1 aliphatic heterocycles. The molecule has 1 aromatic heterocycles. The van der Waals surface area contributed by atoms with Gasteiger partial charge in [0.25, 0.3) is 0 Å². The van der Waals surface area contributed by atoms with Gasteiger partial charge in [0.15, 0.2) is 0 Å². The Morgan fingerprint density at radius 1 is 1.44 bits per heavy atom. The van der Waals surface area contributed by atoms with Crippen LogP contribution in [0, 0.1) is 6.92 Å². The summed E-state index contributed by atoms with van der Waals surface area (Å²) in [6, 6.07) is 8.53. The molecule has 1 aromatic carbocycles. The number of hydrogen-bond acceptors (Lipinski definition) is 3. The van der Waals surface area contributed by atoms with Crippen LogP contribution >= 0.6 is 0 Å². The molecule has 0 saturated heterocycles. The number of imidazole rings is 1. The van der Waals surface area contributed by atoms with Gasteiger partial charge < -0.3 is 14.6 Å². The molecule has 1 atom stereocenters. The van der Waals surface area contributed by atoms with Gasteiger partial charge in [-0.25, -0.2) is 4.98 Å². The molecular formula is C14H17N3O. The van der Waals surface area contributed by atoms with E-state index in [4.69, 9.17) is 4.74 Å². The average Bonchev–Trinajstić information content (AvgIpc) is 2.77. The number of fused-ring (bicyclic) bond motifs is 1. The van der Waals surface area contributed by atoms with E-state index in [-0.39, 0.29) is 0 Å². The summed E-state index contributed by atoms with van der Waals surface area (Å²) in [5.41, 5.74) is 2.31. The van der Waals surface area contributed by atoms with Crippen molar-refractivity contribution in [2.75, 3.05) is 12.4 Å². The summed E-state index contributed by atoms with van der Waals surface area (Å²) >= 11 is 0. The zero-order valence-corrected chi connectivity index (χ0v) is 10.7. The van der Waals surface area contributed by atoms with Gasteiger partial charge in [-0.15, -0.1) is 0 Å². The van der Waals surface area contributed by atoms with E-state index in [1.165, 1.54) is 5.56 Å². The predicted molar refractivity (Wildman–Crippen MR) is 70.9 cm³/mol. The van der Waals surface area contributed by atoms with Gasteiger partial charge in [-0.1, -0.05) is 12.1 Å². The van der Waals surface area contributed by atoms with Crippen LogP contribution in [0.2, 0.25) is 0 Å². The molecule has 1 unspecified atom stereocenters. The van der Waals surface area contributed by atoms with E-state index >= 15 is 0 Å². The Balaban J connectivity index is 1.86. The second-order valence-electron chi connectivity index (χ2n) is 4.66. The molecule has 0 amide bonds. The average molecular weight is 243 g/mol. The van der Waals surface area contributed by atoms with E-state index in [1.807, 2.05) is 19.1 Å². The molecule has 2 aromatic rings. The molecule has 0 radical (unpaired) electrons. The van der Waals surface area contributed by atoms with Crippen LogP contribution < -0.4 is 10.1 Å². The van der Waals surface area contributed by atoms with Gasteiger partial charge in [0.1, 0.15) is 5.75 Å². The Hall–Kier alpha value is -1.97. The van der Waals surface area contributed by atoms with Crippen LogP contribution in [0.5, 0.6) is 5.75 Å². The van der Waals surface area contributed by atoms with Crippen LogP contribution in [-0.2, 0) is 6.54 Å². The van der Waals surface area contributed by atoms with Crippen molar-refractivity contribution < 1.29 is 4.74 Å². The topological polar surface area (TPSA) is 39.1 Å². The van der Waals surface area contributed by atoms with Gasteiger partial charge in [-0.05, 0) is 31.0 Å². The highest BCUT2D eigenvalue weighted by atomic mass is 16.5. The monoisotopic (exact) mass is 243 g/mol. The number of aryl methyl sites for hydroxylation is 2. The van der Waals surface area contributed by atoms with Crippen molar-refractivity contribution in [3.05, 3.63) is 41.7 Å². The zero-order chi connectivity index (χ0) is 12.5. The van der Waals surface area contributed by atoms with Crippen LogP contribution in [0.15, 0.2) is 30.5 Å². The van der Waals surface area contributed by atoms with E-state index in [0.29, 0.717) is 6.04 Å². The zero-order valence-electron chi connectivity index (χ0n) is 10.7. The minimum atomic E-state index is 0.314. The first-order valence-electron chi connectivity index (χ1n) is 6.20. The molecule has 0 saturated carbocycles. The summed E-state index contributed by atoms with van der Waals surface area (Å²) in [5.74, 6) is 1.87. The summed E-state index contributed by atoms with van der Waals surface area (Å²) < 4.78 is 7.44. The predicted octanol–water partition coefficient (Wildman–Crippen LogP) is 2.76. The van der Waals surface area contributed by atoms with Crippen molar-refractivity contribution in [2.45, 2.75) is 25.9 Å². The highest BCUT2D eigenvalue weighted by molar-refractivity contribution is 5.39. The summed E-state index contributed by atoms with van der Waals surface area (Å²) in [6.07, 6.45) is 3.15. The molecule has 0 bridgehead atoms. The van der Waals surface area contributed by atoms with Gasteiger partial charge in [0.05, 0.1) is 18.8 Å². The Morgan fingerprint density at radius 2 is 2.33 bits per heavy atom. The van der Waals surface area contributed by atoms with Crippen molar-refractivity contribution in [1.82, 2.24) is 9.55 Å². The molecule has 1 N–H and O–H groups in total. The van der Waals surface area contributed by atoms with Crippen LogP contribution in [0.4, 0.5) is 5.95 Å². The number of methoxy groups -OCH3 is 1. The van der Waals surface area contributed by atoms with Crippen molar-refractivity contribution in [3.63, 3.8) is 0 Å². The number of hydrogen-bond donors (Lipinski definition) is 1. The quantitative estimate of drug-likeness (QED) is 0.881. The molecule has 0 aliphatic carbocycles. The third kappa shape index (κ3) is 1.94. The minimum absolute atomic E-state index is 0.314. The molecule has 2 heterocycles. The lowest BCUT2D eigenvalue weighted by molar-refractivity contribution is 0.413. The van der Waals surface area contributed by atoms with Gasteiger partial charge in [-0.2, -0.15) is 0 Å². The van der Waals surface area contributed by atoms with E-state index in [2.05, 4.69) is 33.2 Å². The summed E-state index contributed by atoms with van der Waals surface area (Å²) in [7, 11) is 1.70. The van der Waals surface area contributed by atoms with Crippen LogP contribution in [0.3, 0.4) is 0 Å². The molecule has 94 valence electrons. The van der Waals surface area contributed by atoms with Gasteiger partial charge >= 0.3 is 0 Å². The number of ether oxygens (including phenoxy) is 1. The first-order valence-corrected chi connectivity index (χ1v) is 6.20. The first-order chi connectivity index (χ1) is 8.76. The molecular weight excluding hydrogens is 226 g/mol. The second kappa shape index (κ2) is 4.37. The minimum Gasteiger partial charge on any atom is -0.497 e. The number of benzene rings is 1. The van der Waals surface area contributed by atoms with Crippen molar-refractivity contribution >= 4 is 5.95 Å². The number of anilines is 1. The summed E-state index contributed by atoms with van der Waals surface area (Å²) in [5, 5.41) is 3.48. The molecule has 0 spiro atoms. The maximum Gasteiger partial charge on any atom is 0.203 e. The lowest BCUT2D eigenvalue weighted by Crippen LogP contribution is -2.21. The fourth-order valence-corrected chi connectivity index (χ4v) is 2.44. The number of aromatic nitrogens is 2. The van der Waals surface area contributed by atoms with E-state index in [0.717, 1.165) is 30.4 Å². The standard InChI is InChI=1S/C14H17N3O/c1-10-9-17-7-6-13(16-14(17)15-10)11-4-3-5-12(8-11)18-2/h3-5,8-9,13H,6-7H2,1-2H3,(H,15,16). The maximum absolute atomic E-state index is 5.27. The van der Waals surface area contributed by atoms with E-state index in [1.54, 1.807) is 7.11 Å². The lowest BCUT2D eigenvalue weighted by Gasteiger charge is -2.26. The molecule has 0 fully saturated rings. The summed E-state index contributed by atoms with van der Waals surface area (Å²) in [4.78, 5) is 4.49. The molecule has 1 aliphatic rings. The first kappa shape index (κ1) is 11.1. The van der Waals surface area contributed by atoms with Crippen LogP contribution in [0.1, 0.15) is 23.7 Å². The normalized spacial score (nSPS) is 18.0. The highest BCUT2D eigenvalue weighted by Crippen LogP contribution is 2.29. The number of rotatable bonds is 2. The number of nitrogens with one attached hydrogen (secondary N) is 1. The smallest absolute Gasteiger partial charge is 0.203 e. The van der Waals surface area contributed by atoms with Crippen molar-refractivity contribution in [2.24, 2.45) is 0 Å². The van der Waals surface area contributed by atoms with Crippen LogP contribution in [-0.4, -0.2) is 16.7 Å². The molecule has 4 nitrogen and oxygen atoms in total. The summed E-state index contributed by atoms with van der Waals surface area (Å²) in [6.45, 7) is 3.03. The third-order valence-corrected chi connectivity index (χ3v) is 3.36. The second-order valence-corrected chi connectivity index (χ2v) is 4.66. The van der Waals surface area contributed by atoms with Gasteiger partial charge in [0, 0.05) is 12.7 Å². The Kier molecular flexibility index (Phi) is 2.70. The molecule has 18 heavy (non-hydrogen) atoms. The SMILES string of the molecule is COc1cccc(C2CCn3cc(C)nc3N2)c1. The number of nitrogens with zero attached hydrogens (tertiary/aromatic N) is 2. The Labute approximate surface area is 107 Å². The van der Waals surface area contributed by atoms with Gasteiger partial charge in [-0.3, -0.25) is 0 Å². The molecule has 4 heteroatoms. The largest absolute Gasteiger partial charge is 0.497 e. The van der Waals surface area contributed by atoms with E-state index < -0.39 is 0 Å². The highest BCUT2D eigenvalue weighted by Gasteiger charge is 2.20. The van der Waals surface area contributed by atoms with Gasteiger partial charge in [0.2, 0.25) is 5.95 Å². The lowest BCUT2D eigenvalue weighted by atomic mass is 10.0. The maximum atomic E-state index is 5.27.